The van der Waals surface area contributed by atoms with Crippen molar-refractivity contribution in [1.82, 2.24) is 9.78 Å². The summed E-state index contributed by atoms with van der Waals surface area (Å²) in [6.07, 6.45) is 0. The summed E-state index contributed by atoms with van der Waals surface area (Å²) in [6.45, 7) is 2.52. The molecule has 0 N–H and O–H groups in total. The summed E-state index contributed by atoms with van der Waals surface area (Å²) in [7, 11) is 0. The Morgan fingerprint density at radius 2 is 2.09 bits per heavy atom. The van der Waals surface area contributed by atoms with E-state index in [1.807, 2.05) is 0 Å². The molecule has 7 nitrogen and oxygen atoms in total. The number of carbonyl (C=O) groups excluding carboxylic acids is 1. The molecule has 0 radical (unpaired) electrons. The largest absolute Gasteiger partial charge is 0.459 e. The zero-order valence-corrected chi connectivity index (χ0v) is 12.1. The van der Waals surface area contributed by atoms with Crippen molar-refractivity contribution in [3.8, 4) is 0 Å². The van der Waals surface area contributed by atoms with Gasteiger partial charge in [-0.05, 0) is 19.9 Å². The fraction of sp³-hybridized carbons (Fsp3) is 0.286. The molecule has 1 heterocycles. The van der Waals surface area contributed by atoms with E-state index in [2.05, 4.69) is 5.10 Å². The summed E-state index contributed by atoms with van der Waals surface area (Å²) < 4.78 is 19.6. The second-order valence-corrected chi connectivity index (χ2v) is 4.69. The van der Waals surface area contributed by atoms with Gasteiger partial charge in [0, 0.05) is 5.56 Å². The van der Waals surface area contributed by atoms with E-state index < -0.39 is 16.7 Å². The molecule has 0 saturated heterocycles. The quantitative estimate of drug-likeness (QED) is 0.480. The number of ether oxygens (including phenoxy) is 1. The number of halogens is 1. The molecule has 0 unspecified atom stereocenters. The van der Waals surface area contributed by atoms with Crippen LogP contribution in [0.25, 0.3) is 0 Å². The third kappa shape index (κ3) is 3.27. The number of hydrogen-bond acceptors (Lipinski definition) is 5. The Bertz CT molecular complexity index is 727. The zero-order chi connectivity index (χ0) is 16.3. The molecule has 22 heavy (non-hydrogen) atoms. The Morgan fingerprint density at radius 1 is 1.41 bits per heavy atom. The number of nitro groups is 1. The highest BCUT2D eigenvalue weighted by molar-refractivity contribution is 5.69. The first-order chi connectivity index (χ1) is 10.4. The van der Waals surface area contributed by atoms with Crippen molar-refractivity contribution in [2.75, 3.05) is 0 Å². The molecular formula is C14H14FN3O4. The molecule has 0 amide bonds. The lowest BCUT2D eigenvalue weighted by Gasteiger charge is -2.06. The maximum Gasteiger partial charge on any atom is 0.328 e. The molecule has 2 rings (SSSR count). The average molecular weight is 307 g/mol. The van der Waals surface area contributed by atoms with E-state index in [0.29, 0.717) is 0 Å². The number of hydrogen-bond donors (Lipinski definition) is 0. The Morgan fingerprint density at radius 3 is 2.68 bits per heavy atom. The fourth-order valence-corrected chi connectivity index (χ4v) is 2.05. The summed E-state index contributed by atoms with van der Waals surface area (Å²) in [5, 5.41) is 14.8. The molecule has 0 aliphatic rings. The van der Waals surface area contributed by atoms with Gasteiger partial charge in [0.25, 0.3) is 0 Å². The lowest BCUT2D eigenvalue weighted by Crippen LogP contribution is -2.16. The minimum atomic E-state index is -0.649. The summed E-state index contributed by atoms with van der Waals surface area (Å²) in [5.74, 6) is -1.11. The molecule has 0 bridgehead atoms. The fourth-order valence-electron chi connectivity index (χ4n) is 2.05. The number of nitrogens with zero attached hydrogens (tertiary/aromatic N) is 3. The SMILES string of the molecule is Cc1nn(CC(=O)OCc2ccccc2F)c(C)c1[N+](=O)[O-]. The van der Waals surface area contributed by atoms with Crippen molar-refractivity contribution in [3.05, 3.63) is 57.1 Å². The smallest absolute Gasteiger partial charge is 0.328 e. The predicted octanol–water partition coefficient (Wildman–Crippen LogP) is 2.29. The minimum absolute atomic E-state index is 0.123. The van der Waals surface area contributed by atoms with Crippen LogP contribution in [0.3, 0.4) is 0 Å². The van der Waals surface area contributed by atoms with E-state index >= 15 is 0 Å². The van der Waals surface area contributed by atoms with Crippen LogP contribution in [0.15, 0.2) is 24.3 Å². The number of aromatic nitrogens is 2. The average Bonchev–Trinajstić information content (AvgIpc) is 2.72. The first-order valence-corrected chi connectivity index (χ1v) is 6.47. The van der Waals surface area contributed by atoms with Crippen molar-refractivity contribution in [2.45, 2.75) is 27.0 Å². The van der Waals surface area contributed by atoms with Gasteiger partial charge in [-0.3, -0.25) is 19.6 Å². The van der Waals surface area contributed by atoms with Crippen molar-refractivity contribution in [3.63, 3.8) is 0 Å². The van der Waals surface area contributed by atoms with Gasteiger partial charge in [0.2, 0.25) is 0 Å². The first kappa shape index (κ1) is 15.6. The van der Waals surface area contributed by atoms with Crippen LogP contribution in [0.5, 0.6) is 0 Å². The molecule has 0 saturated carbocycles. The van der Waals surface area contributed by atoms with Crippen LogP contribution in [0.1, 0.15) is 17.0 Å². The lowest BCUT2D eigenvalue weighted by atomic mass is 10.2. The highest BCUT2D eigenvalue weighted by Gasteiger charge is 2.23. The number of rotatable bonds is 5. The monoisotopic (exact) mass is 307 g/mol. The molecule has 116 valence electrons. The van der Waals surface area contributed by atoms with Gasteiger partial charge >= 0.3 is 11.7 Å². The van der Waals surface area contributed by atoms with Crippen LogP contribution >= 0.6 is 0 Å². The van der Waals surface area contributed by atoms with Gasteiger partial charge in [-0.1, -0.05) is 18.2 Å². The standard InChI is InChI=1S/C14H14FN3O4/c1-9-14(18(20)21)10(2)17(16-9)7-13(19)22-8-11-5-3-4-6-12(11)15/h3-6H,7-8H2,1-2H3. The number of benzene rings is 1. The van der Waals surface area contributed by atoms with Gasteiger partial charge in [-0.2, -0.15) is 5.10 Å². The van der Waals surface area contributed by atoms with Crippen molar-refractivity contribution >= 4 is 11.7 Å². The van der Waals surface area contributed by atoms with Crippen LogP contribution < -0.4 is 0 Å². The van der Waals surface area contributed by atoms with E-state index in [9.17, 15) is 19.3 Å². The van der Waals surface area contributed by atoms with Crippen molar-refractivity contribution < 1.29 is 18.8 Å². The number of esters is 1. The van der Waals surface area contributed by atoms with Gasteiger partial charge in [0.1, 0.15) is 30.4 Å². The summed E-state index contributed by atoms with van der Waals surface area (Å²) >= 11 is 0. The van der Waals surface area contributed by atoms with Crippen molar-refractivity contribution in [2.24, 2.45) is 0 Å². The van der Waals surface area contributed by atoms with Gasteiger partial charge in [0.05, 0.1) is 4.92 Å². The summed E-state index contributed by atoms with van der Waals surface area (Å²) in [5.41, 5.74) is 0.631. The summed E-state index contributed by atoms with van der Waals surface area (Å²) in [4.78, 5) is 22.1. The molecule has 0 fully saturated rings. The van der Waals surface area contributed by atoms with E-state index in [1.54, 1.807) is 6.07 Å². The highest BCUT2D eigenvalue weighted by atomic mass is 19.1. The molecular weight excluding hydrogens is 293 g/mol. The molecule has 1 aromatic heterocycles. The highest BCUT2D eigenvalue weighted by Crippen LogP contribution is 2.21. The third-order valence-electron chi connectivity index (χ3n) is 3.15. The van der Waals surface area contributed by atoms with Crippen LogP contribution in [-0.4, -0.2) is 20.7 Å². The molecule has 0 aliphatic heterocycles. The van der Waals surface area contributed by atoms with Gasteiger partial charge in [-0.25, -0.2) is 4.39 Å². The van der Waals surface area contributed by atoms with Gasteiger partial charge < -0.3 is 4.74 Å². The Kier molecular flexibility index (Phi) is 4.50. The second-order valence-electron chi connectivity index (χ2n) is 4.69. The Labute approximate surface area is 125 Å². The summed E-state index contributed by atoms with van der Waals surface area (Å²) in [6, 6.07) is 5.95. The lowest BCUT2D eigenvalue weighted by molar-refractivity contribution is -0.386. The van der Waals surface area contributed by atoms with Crippen LogP contribution in [0.4, 0.5) is 10.1 Å². The predicted molar refractivity (Wildman–Crippen MR) is 74.6 cm³/mol. The molecule has 1 aromatic carbocycles. The number of aryl methyl sites for hydroxylation is 1. The molecule has 0 aliphatic carbocycles. The van der Waals surface area contributed by atoms with Crippen LogP contribution in [0, 0.1) is 29.8 Å². The molecule has 8 heteroatoms. The topological polar surface area (TPSA) is 87.3 Å². The minimum Gasteiger partial charge on any atom is -0.459 e. The number of carbonyl (C=O) groups is 1. The van der Waals surface area contributed by atoms with E-state index in [4.69, 9.17) is 4.74 Å². The zero-order valence-electron chi connectivity index (χ0n) is 12.1. The van der Waals surface area contributed by atoms with Crippen LogP contribution in [-0.2, 0) is 22.7 Å². The van der Waals surface area contributed by atoms with E-state index in [1.165, 1.54) is 36.7 Å². The molecule has 2 aromatic rings. The van der Waals surface area contributed by atoms with E-state index in [0.717, 1.165) is 0 Å². The second kappa shape index (κ2) is 6.33. The maximum absolute atomic E-state index is 13.4. The van der Waals surface area contributed by atoms with E-state index in [-0.39, 0.29) is 35.8 Å². The molecule has 0 spiro atoms. The molecule has 0 atom stereocenters. The maximum atomic E-state index is 13.4. The first-order valence-electron chi connectivity index (χ1n) is 6.47. The Balaban J connectivity index is 2.03. The normalized spacial score (nSPS) is 10.5. The third-order valence-corrected chi connectivity index (χ3v) is 3.15. The van der Waals surface area contributed by atoms with Gasteiger partial charge in [0.15, 0.2) is 0 Å². The van der Waals surface area contributed by atoms with Crippen molar-refractivity contribution in [1.29, 1.82) is 0 Å². The van der Waals surface area contributed by atoms with Crippen LogP contribution in [0.2, 0.25) is 0 Å². The van der Waals surface area contributed by atoms with Gasteiger partial charge in [-0.15, -0.1) is 0 Å². The Hall–Kier alpha value is -2.77.